The van der Waals surface area contributed by atoms with Crippen molar-refractivity contribution in [3.8, 4) is 0 Å². The molecule has 0 aliphatic carbocycles. The van der Waals surface area contributed by atoms with Crippen molar-refractivity contribution >= 4 is 0 Å². The fourth-order valence-corrected chi connectivity index (χ4v) is 1.09. The number of rotatable bonds is 3. The smallest absolute Gasteiger partial charge is 0.186 e. The summed E-state index contributed by atoms with van der Waals surface area (Å²) in [6, 6.07) is 0. The van der Waals surface area contributed by atoms with Crippen LogP contribution in [-0.4, -0.2) is 53.1 Å². The van der Waals surface area contributed by atoms with E-state index in [1.807, 2.05) is 0 Å². The van der Waals surface area contributed by atoms with Crippen LogP contribution in [0.15, 0.2) is 12.7 Å². The van der Waals surface area contributed by atoms with Gasteiger partial charge in [0.05, 0.1) is 13.2 Å². The SMILES string of the molecule is C=CCOC1OCC(O)C(O)C1O. The molecule has 3 N–H and O–H groups in total. The highest BCUT2D eigenvalue weighted by molar-refractivity contribution is 4.83. The molecule has 5 nitrogen and oxygen atoms in total. The minimum atomic E-state index is -1.22. The van der Waals surface area contributed by atoms with Crippen LogP contribution < -0.4 is 0 Å². The predicted octanol–water partition coefficient (Wildman–Crippen LogP) is -1.37. The summed E-state index contributed by atoms with van der Waals surface area (Å²) in [6.07, 6.45) is -2.88. The molecule has 1 aliphatic heterocycles. The average molecular weight is 190 g/mol. The zero-order chi connectivity index (χ0) is 9.84. The standard InChI is InChI=1S/C8H14O5/c1-2-3-12-8-7(11)6(10)5(9)4-13-8/h2,5-11H,1,3-4H2. The number of aliphatic hydroxyl groups is 3. The lowest BCUT2D eigenvalue weighted by Crippen LogP contribution is -2.53. The molecule has 76 valence electrons. The number of ether oxygens (including phenoxy) is 2. The molecule has 0 radical (unpaired) electrons. The van der Waals surface area contributed by atoms with Gasteiger partial charge in [0.2, 0.25) is 0 Å². The second-order valence-corrected chi connectivity index (χ2v) is 2.87. The Bertz CT molecular complexity index is 172. The van der Waals surface area contributed by atoms with Gasteiger partial charge in [0.15, 0.2) is 6.29 Å². The molecule has 0 aromatic heterocycles. The van der Waals surface area contributed by atoms with Crippen LogP contribution in [0.1, 0.15) is 0 Å². The maximum absolute atomic E-state index is 9.34. The Kier molecular flexibility index (Phi) is 3.83. The summed E-state index contributed by atoms with van der Waals surface area (Å²) < 4.78 is 9.95. The summed E-state index contributed by atoms with van der Waals surface area (Å²) in [5, 5.41) is 27.7. The highest BCUT2D eigenvalue weighted by Gasteiger charge is 2.37. The van der Waals surface area contributed by atoms with Crippen LogP contribution in [0.5, 0.6) is 0 Å². The van der Waals surface area contributed by atoms with Crippen molar-refractivity contribution in [2.24, 2.45) is 0 Å². The molecule has 0 saturated carbocycles. The average Bonchev–Trinajstić information content (AvgIpc) is 2.13. The van der Waals surface area contributed by atoms with Crippen LogP contribution in [0.3, 0.4) is 0 Å². The zero-order valence-corrected chi connectivity index (χ0v) is 7.17. The lowest BCUT2D eigenvalue weighted by molar-refractivity contribution is -0.266. The summed E-state index contributed by atoms with van der Waals surface area (Å²) in [4.78, 5) is 0. The van der Waals surface area contributed by atoms with Crippen molar-refractivity contribution < 1.29 is 24.8 Å². The van der Waals surface area contributed by atoms with Gasteiger partial charge in [0, 0.05) is 0 Å². The van der Waals surface area contributed by atoms with Crippen LogP contribution >= 0.6 is 0 Å². The fraction of sp³-hybridized carbons (Fsp3) is 0.750. The van der Waals surface area contributed by atoms with Gasteiger partial charge in [-0.1, -0.05) is 6.08 Å². The third-order valence-electron chi connectivity index (χ3n) is 1.83. The van der Waals surface area contributed by atoms with E-state index in [9.17, 15) is 10.2 Å². The first kappa shape index (κ1) is 10.6. The number of aliphatic hydroxyl groups excluding tert-OH is 3. The summed E-state index contributed by atoms with van der Waals surface area (Å²) in [7, 11) is 0. The Morgan fingerprint density at radius 3 is 2.69 bits per heavy atom. The molecule has 0 spiro atoms. The molecule has 0 amide bonds. The molecule has 4 unspecified atom stereocenters. The Hall–Kier alpha value is -0.460. The lowest BCUT2D eigenvalue weighted by atomic mass is 10.1. The molecule has 1 heterocycles. The molecule has 4 atom stereocenters. The number of hydrogen-bond acceptors (Lipinski definition) is 5. The van der Waals surface area contributed by atoms with Crippen molar-refractivity contribution in [2.45, 2.75) is 24.6 Å². The first-order chi connectivity index (χ1) is 6.16. The van der Waals surface area contributed by atoms with E-state index in [1.165, 1.54) is 6.08 Å². The molecule has 1 fully saturated rings. The Labute approximate surface area is 76.2 Å². The van der Waals surface area contributed by atoms with Crippen LogP contribution in [0, 0.1) is 0 Å². The second-order valence-electron chi connectivity index (χ2n) is 2.87. The van der Waals surface area contributed by atoms with Crippen molar-refractivity contribution in [1.82, 2.24) is 0 Å². The van der Waals surface area contributed by atoms with Gasteiger partial charge in [0.25, 0.3) is 0 Å². The molecule has 0 aromatic rings. The Morgan fingerprint density at radius 2 is 2.08 bits per heavy atom. The van der Waals surface area contributed by atoms with E-state index in [-0.39, 0.29) is 13.2 Å². The molecule has 5 heteroatoms. The topological polar surface area (TPSA) is 79.2 Å². The molecule has 1 rings (SSSR count). The first-order valence-corrected chi connectivity index (χ1v) is 4.05. The summed E-state index contributed by atoms with van der Waals surface area (Å²) in [5.74, 6) is 0. The van der Waals surface area contributed by atoms with Crippen molar-refractivity contribution in [1.29, 1.82) is 0 Å². The maximum atomic E-state index is 9.34. The van der Waals surface area contributed by atoms with Gasteiger partial charge < -0.3 is 24.8 Å². The van der Waals surface area contributed by atoms with Crippen LogP contribution in [0.2, 0.25) is 0 Å². The van der Waals surface area contributed by atoms with E-state index in [1.54, 1.807) is 0 Å². The number of hydrogen-bond donors (Lipinski definition) is 3. The second kappa shape index (κ2) is 4.69. The Morgan fingerprint density at radius 1 is 1.38 bits per heavy atom. The van der Waals surface area contributed by atoms with Gasteiger partial charge in [-0.05, 0) is 0 Å². The van der Waals surface area contributed by atoms with Crippen molar-refractivity contribution in [3.63, 3.8) is 0 Å². The van der Waals surface area contributed by atoms with Gasteiger partial charge in [-0.3, -0.25) is 0 Å². The van der Waals surface area contributed by atoms with E-state index in [4.69, 9.17) is 14.6 Å². The van der Waals surface area contributed by atoms with E-state index >= 15 is 0 Å². The molecule has 0 bridgehead atoms. The quantitative estimate of drug-likeness (QED) is 0.478. The van der Waals surface area contributed by atoms with Crippen LogP contribution in [0.25, 0.3) is 0 Å². The lowest BCUT2D eigenvalue weighted by Gasteiger charge is -2.34. The Balaban J connectivity index is 2.43. The van der Waals surface area contributed by atoms with E-state index < -0.39 is 24.6 Å². The fourth-order valence-electron chi connectivity index (χ4n) is 1.09. The first-order valence-electron chi connectivity index (χ1n) is 4.05. The predicted molar refractivity (Wildman–Crippen MR) is 43.9 cm³/mol. The zero-order valence-electron chi connectivity index (χ0n) is 7.17. The highest BCUT2D eigenvalue weighted by Crippen LogP contribution is 2.16. The minimum Gasteiger partial charge on any atom is -0.388 e. The molecule has 1 aliphatic rings. The molecular weight excluding hydrogens is 176 g/mol. The van der Waals surface area contributed by atoms with E-state index in [0.29, 0.717) is 0 Å². The van der Waals surface area contributed by atoms with Gasteiger partial charge >= 0.3 is 0 Å². The van der Waals surface area contributed by atoms with E-state index in [0.717, 1.165) is 0 Å². The molecule has 1 saturated heterocycles. The van der Waals surface area contributed by atoms with Gasteiger partial charge in [-0.15, -0.1) is 6.58 Å². The minimum absolute atomic E-state index is 0.0416. The van der Waals surface area contributed by atoms with Crippen LogP contribution in [0.4, 0.5) is 0 Å². The van der Waals surface area contributed by atoms with E-state index in [2.05, 4.69) is 6.58 Å². The van der Waals surface area contributed by atoms with Crippen molar-refractivity contribution in [3.05, 3.63) is 12.7 Å². The summed E-state index contributed by atoms with van der Waals surface area (Å²) in [5.41, 5.74) is 0. The third-order valence-corrected chi connectivity index (χ3v) is 1.83. The third kappa shape index (κ3) is 2.49. The largest absolute Gasteiger partial charge is 0.388 e. The molecular formula is C8H14O5. The monoisotopic (exact) mass is 190 g/mol. The molecule has 0 aromatic carbocycles. The maximum Gasteiger partial charge on any atom is 0.186 e. The summed E-state index contributed by atoms with van der Waals surface area (Å²) in [6.45, 7) is 3.62. The normalized spacial score (nSPS) is 40.2. The van der Waals surface area contributed by atoms with Gasteiger partial charge in [-0.2, -0.15) is 0 Å². The van der Waals surface area contributed by atoms with Gasteiger partial charge in [0.1, 0.15) is 18.3 Å². The highest BCUT2D eigenvalue weighted by atomic mass is 16.7. The van der Waals surface area contributed by atoms with Gasteiger partial charge in [-0.25, -0.2) is 0 Å². The summed E-state index contributed by atoms with van der Waals surface area (Å²) >= 11 is 0. The van der Waals surface area contributed by atoms with Crippen molar-refractivity contribution in [2.75, 3.05) is 13.2 Å². The van der Waals surface area contributed by atoms with Crippen LogP contribution in [-0.2, 0) is 9.47 Å². The molecule has 13 heavy (non-hydrogen) atoms.